The number of benzene rings is 3. The summed E-state index contributed by atoms with van der Waals surface area (Å²) >= 11 is 0. The number of carboxylic acids is 1. The highest BCUT2D eigenvalue weighted by Crippen LogP contribution is 2.36. The SMILES string of the molecule is CCN(Cc1cc(C)ccc1-c1cc(C(C)C(=O)O)ccc1OC)C(=O)NCc1ccccc1. The van der Waals surface area contributed by atoms with Crippen molar-refractivity contribution in [3.8, 4) is 16.9 Å². The molecule has 1 atom stereocenters. The van der Waals surface area contributed by atoms with Gasteiger partial charge in [0.25, 0.3) is 0 Å². The second kappa shape index (κ2) is 11.4. The Kier molecular flexibility index (Phi) is 8.30. The average Bonchev–Trinajstić information content (AvgIpc) is 2.85. The third-order valence-electron chi connectivity index (χ3n) is 5.96. The van der Waals surface area contributed by atoms with E-state index in [4.69, 9.17) is 4.74 Å². The fourth-order valence-corrected chi connectivity index (χ4v) is 3.88. The quantitative estimate of drug-likeness (QED) is 0.436. The molecule has 3 rings (SSSR count). The van der Waals surface area contributed by atoms with Crippen LogP contribution >= 0.6 is 0 Å². The molecule has 2 N–H and O–H groups in total. The van der Waals surface area contributed by atoms with E-state index in [0.717, 1.165) is 27.8 Å². The molecule has 178 valence electrons. The van der Waals surface area contributed by atoms with Gasteiger partial charge in [0.15, 0.2) is 0 Å². The molecule has 0 bridgehead atoms. The molecule has 0 aliphatic heterocycles. The number of urea groups is 1. The molecule has 0 spiro atoms. The van der Waals surface area contributed by atoms with E-state index in [1.54, 1.807) is 31.1 Å². The second-order valence-electron chi connectivity index (χ2n) is 8.34. The fourth-order valence-electron chi connectivity index (χ4n) is 3.88. The summed E-state index contributed by atoms with van der Waals surface area (Å²) in [4.78, 5) is 26.3. The molecular weight excluding hydrogens is 428 g/mol. The zero-order valence-corrected chi connectivity index (χ0v) is 20.2. The number of aryl methyl sites for hydroxylation is 1. The van der Waals surface area contributed by atoms with Crippen molar-refractivity contribution in [3.63, 3.8) is 0 Å². The predicted molar refractivity (Wildman–Crippen MR) is 134 cm³/mol. The van der Waals surface area contributed by atoms with Crippen LogP contribution in [0.2, 0.25) is 0 Å². The van der Waals surface area contributed by atoms with Gasteiger partial charge in [-0.2, -0.15) is 0 Å². The van der Waals surface area contributed by atoms with Gasteiger partial charge in [0.2, 0.25) is 0 Å². The van der Waals surface area contributed by atoms with Crippen molar-refractivity contribution in [1.82, 2.24) is 10.2 Å². The Bertz CT molecular complexity index is 1140. The number of nitrogens with one attached hydrogen (secondary N) is 1. The van der Waals surface area contributed by atoms with Gasteiger partial charge in [0.05, 0.1) is 13.0 Å². The molecule has 0 radical (unpaired) electrons. The Morgan fingerprint density at radius 2 is 1.76 bits per heavy atom. The third kappa shape index (κ3) is 5.95. The van der Waals surface area contributed by atoms with Crippen LogP contribution in [0.15, 0.2) is 66.7 Å². The summed E-state index contributed by atoms with van der Waals surface area (Å²) in [5.41, 5.74) is 5.50. The van der Waals surface area contributed by atoms with Crippen molar-refractivity contribution < 1.29 is 19.4 Å². The Labute approximate surface area is 201 Å². The van der Waals surface area contributed by atoms with Crippen molar-refractivity contribution in [3.05, 3.63) is 89.0 Å². The van der Waals surface area contributed by atoms with Crippen molar-refractivity contribution in [2.24, 2.45) is 0 Å². The summed E-state index contributed by atoms with van der Waals surface area (Å²) in [6, 6.07) is 21.2. The molecule has 6 nitrogen and oxygen atoms in total. The minimum Gasteiger partial charge on any atom is -0.496 e. The third-order valence-corrected chi connectivity index (χ3v) is 5.96. The summed E-state index contributed by atoms with van der Waals surface area (Å²) in [5.74, 6) is -0.870. The maximum absolute atomic E-state index is 13.0. The fraction of sp³-hybridized carbons (Fsp3) is 0.286. The van der Waals surface area contributed by atoms with Gasteiger partial charge in [-0.3, -0.25) is 4.79 Å². The van der Waals surface area contributed by atoms with Crippen LogP contribution in [-0.2, 0) is 17.9 Å². The largest absolute Gasteiger partial charge is 0.496 e. The lowest BCUT2D eigenvalue weighted by Crippen LogP contribution is -2.39. The zero-order chi connectivity index (χ0) is 24.7. The summed E-state index contributed by atoms with van der Waals surface area (Å²) in [5, 5.41) is 12.5. The van der Waals surface area contributed by atoms with E-state index in [9.17, 15) is 14.7 Å². The Morgan fingerprint density at radius 1 is 1.03 bits per heavy atom. The van der Waals surface area contributed by atoms with Gasteiger partial charge in [0, 0.05) is 25.2 Å². The van der Waals surface area contributed by atoms with Crippen LogP contribution in [0.1, 0.15) is 42.0 Å². The molecular formula is C28H32N2O4. The Balaban J connectivity index is 1.92. The number of ether oxygens (including phenoxy) is 1. The number of hydrogen-bond donors (Lipinski definition) is 2. The summed E-state index contributed by atoms with van der Waals surface area (Å²) in [6.07, 6.45) is 0. The number of amides is 2. The molecule has 0 aliphatic rings. The highest BCUT2D eigenvalue weighted by Gasteiger charge is 2.20. The van der Waals surface area contributed by atoms with Crippen molar-refractivity contribution in [1.29, 1.82) is 0 Å². The maximum Gasteiger partial charge on any atom is 0.317 e. The first-order valence-electron chi connectivity index (χ1n) is 11.4. The van der Waals surface area contributed by atoms with Gasteiger partial charge in [-0.15, -0.1) is 0 Å². The van der Waals surface area contributed by atoms with E-state index in [2.05, 4.69) is 11.4 Å². The summed E-state index contributed by atoms with van der Waals surface area (Å²) in [7, 11) is 1.60. The maximum atomic E-state index is 13.0. The van der Waals surface area contributed by atoms with Gasteiger partial charge >= 0.3 is 12.0 Å². The Morgan fingerprint density at radius 3 is 2.41 bits per heavy atom. The average molecular weight is 461 g/mol. The number of hydrogen-bond acceptors (Lipinski definition) is 3. The van der Waals surface area contributed by atoms with E-state index in [-0.39, 0.29) is 6.03 Å². The van der Waals surface area contributed by atoms with Crippen LogP contribution in [0, 0.1) is 6.92 Å². The molecule has 0 heterocycles. The minimum absolute atomic E-state index is 0.140. The molecule has 34 heavy (non-hydrogen) atoms. The topological polar surface area (TPSA) is 78.9 Å². The molecule has 1 unspecified atom stereocenters. The first-order chi connectivity index (χ1) is 16.3. The van der Waals surface area contributed by atoms with Crippen LogP contribution in [0.5, 0.6) is 5.75 Å². The number of aliphatic carboxylic acids is 1. The van der Waals surface area contributed by atoms with E-state index in [1.807, 2.05) is 62.4 Å². The second-order valence-corrected chi connectivity index (χ2v) is 8.34. The summed E-state index contributed by atoms with van der Waals surface area (Å²) in [6.45, 7) is 7.05. The van der Waals surface area contributed by atoms with Crippen LogP contribution in [-0.4, -0.2) is 35.7 Å². The zero-order valence-electron chi connectivity index (χ0n) is 20.2. The van der Waals surface area contributed by atoms with Gasteiger partial charge < -0.3 is 20.1 Å². The minimum atomic E-state index is -0.882. The molecule has 6 heteroatoms. The van der Waals surface area contributed by atoms with Gasteiger partial charge in [-0.25, -0.2) is 4.79 Å². The molecule has 0 aliphatic carbocycles. The predicted octanol–water partition coefficient (Wildman–Crippen LogP) is 5.59. The van der Waals surface area contributed by atoms with E-state index < -0.39 is 11.9 Å². The molecule has 3 aromatic carbocycles. The smallest absolute Gasteiger partial charge is 0.317 e. The van der Waals surface area contributed by atoms with Crippen LogP contribution in [0.25, 0.3) is 11.1 Å². The van der Waals surface area contributed by atoms with Gasteiger partial charge in [-0.05, 0) is 55.2 Å². The number of methoxy groups -OCH3 is 1. The van der Waals surface area contributed by atoms with Crippen molar-refractivity contribution in [2.75, 3.05) is 13.7 Å². The molecule has 3 aromatic rings. The van der Waals surface area contributed by atoms with Gasteiger partial charge in [0.1, 0.15) is 5.75 Å². The van der Waals surface area contributed by atoms with E-state index >= 15 is 0 Å². The lowest BCUT2D eigenvalue weighted by Gasteiger charge is -2.24. The van der Waals surface area contributed by atoms with Crippen molar-refractivity contribution in [2.45, 2.75) is 39.8 Å². The molecule has 0 saturated carbocycles. The molecule has 0 saturated heterocycles. The highest BCUT2D eigenvalue weighted by molar-refractivity contribution is 5.80. The Hall–Kier alpha value is -3.80. The van der Waals surface area contributed by atoms with Crippen LogP contribution < -0.4 is 10.1 Å². The lowest BCUT2D eigenvalue weighted by molar-refractivity contribution is -0.138. The first-order valence-corrected chi connectivity index (χ1v) is 11.4. The highest BCUT2D eigenvalue weighted by atomic mass is 16.5. The monoisotopic (exact) mass is 460 g/mol. The summed E-state index contributed by atoms with van der Waals surface area (Å²) < 4.78 is 5.61. The molecule has 2 amide bonds. The number of carbonyl (C=O) groups excluding carboxylic acids is 1. The van der Waals surface area contributed by atoms with E-state index in [1.165, 1.54) is 0 Å². The number of rotatable bonds is 9. The van der Waals surface area contributed by atoms with Crippen molar-refractivity contribution >= 4 is 12.0 Å². The van der Waals surface area contributed by atoms with Crippen LogP contribution in [0.4, 0.5) is 4.79 Å². The standard InChI is InChI=1S/C28H32N2O4/c1-5-30(28(33)29-17-21-9-7-6-8-10-21)18-23-15-19(2)11-13-24(23)25-16-22(20(3)27(31)32)12-14-26(25)34-4/h6-16,20H,5,17-18H2,1-4H3,(H,29,33)(H,31,32). The lowest BCUT2D eigenvalue weighted by atomic mass is 9.92. The first kappa shape index (κ1) is 24.8. The normalized spacial score (nSPS) is 11.5. The number of nitrogens with zero attached hydrogens (tertiary/aromatic N) is 1. The number of carboxylic acid groups (broad SMARTS) is 1. The number of carbonyl (C=O) groups is 2. The van der Waals surface area contributed by atoms with Gasteiger partial charge in [-0.1, -0.05) is 60.2 Å². The van der Waals surface area contributed by atoms with Crippen LogP contribution in [0.3, 0.4) is 0 Å². The molecule has 0 aromatic heterocycles. The van der Waals surface area contributed by atoms with E-state index in [0.29, 0.717) is 30.9 Å². The molecule has 0 fully saturated rings.